The van der Waals surface area contributed by atoms with E-state index in [4.69, 9.17) is 10.6 Å². The minimum absolute atomic E-state index is 0.116. The molecule has 1 atom stereocenters. The second-order valence-corrected chi connectivity index (χ2v) is 4.44. The zero-order chi connectivity index (χ0) is 16.0. The van der Waals surface area contributed by atoms with Gasteiger partial charge in [0.1, 0.15) is 0 Å². The number of hydroxylamine groups is 2. The molecule has 4 nitrogen and oxygen atoms in total. The molecule has 1 rings (SSSR count). The van der Waals surface area contributed by atoms with Gasteiger partial charge in [0.05, 0.1) is 12.2 Å². The fourth-order valence-electron chi connectivity index (χ4n) is 1.85. The summed E-state index contributed by atoms with van der Waals surface area (Å²) in [5.74, 6) is -0.357. The number of alkyl halides is 3. The highest BCUT2D eigenvalue weighted by Crippen LogP contribution is 2.30. The summed E-state index contributed by atoms with van der Waals surface area (Å²) in [6, 6.07) is 3.88. The molecule has 0 fully saturated rings. The summed E-state index contributed by atoms with van der Waals surface area (Å²) in [5.41, 5.74) is 5.32. The summed E-state index contributed by atoms with van der Waals surface area (Å²) in [6.45, 7) is 4.16. The van der Waals surface area contributed by atoms with Crippen molar-refractivity contribution in [2.75, 3.05) is 13.2 Å². The van der Waals surface area contributed by atoms with Gasteiger partial charge in [-0.05, 0) is 31.5 Å². The summed E-state index contributed by atoms with van der Waals surface area (Å²) in [6.07, 6.45) is -4.55. The first-order chi connectivity index (χ1) is 9.79. The molecule has 0 aliphatic rings. The Bertz CT molecular complexity index is 478. The van der Waals surface area contributed by atoms with Crippen LogP contribution in [0.1, 0.15) is 37.4 Å². The van der Waals surface area contributed by atoms with Gasteiger partial charge in [-0.3, -0.25) is 9.63 Å². The summed E-state index contributed by atoms with van der Waals surface area (Å²) >= 11 is 0. The molecule has 0 spiro atoms. The summed E-state index contributed by atoms with van der Waals surface area (Å²) in [4.78, 5) is 17.0. The van der Waals surface area contributed by atoms with E-state index < -0.39 is 17.8 Å². The Balaban J connectivity index is 2.80. The molecule has 0 heterocycles. The first-order valence-electron chi connectivity index (χ1n) is 6.65. The normalized spacial score (nSPS) is 13.0. The van der Waals surface area contributed by atoms with Gasteiger partial charge in [-0.2, -0.15) is 13.2 Å². The molecule has 0 aromatic heterocycles. The molecule has 2 N–H and O–H groups in total. The standard InChI is InChI=1S/C14H19F3N2O2/c1-3-19(21-4-2)13(20)9-12(18)10-6-5-7-11(8-10)14(15,16)17/h5-8,12H,3-4,9,18H2,1-2H3. The van der Waals surface area contributed by atoms with Crippen molar-refractivity contribution in [1.82, 2.24) is 5.06 Å². The predicted molar refractivity (Wildman–Crippen MR) is 72.0 cm³/mol. The highest BCUT2D eigenvalue weighted by molar-refractivity contribution is 5.76. The van der Waals surface area contributed by atoms with E-state index in [9.17, 15) is 18.0 Å². The Kier molecular flexibility index (Phi) is 6.17. The summed E-state index contributed by atoms with van der Waals surface area (Å²) in [5, 5.41) is 1.16. The van der Waals surface area contributed by atoms with Gasteiger partial charge in [0, 0.05) is 19.0 Å². The predicted octanol–water partition coefficient (Wildman–Crippen LogP) is 2.90. The fraction of sp³-hybridized carbons (Fsp3) is 0.500. The SMILES string of the molecule is CCON(CC)C(=O)CC(N)c1cccc(C(F)(F)F)c1. The van der Waals surface area contributed by atoms with Gasteiger partial charge in [-0.25, -0.2) is 5.06 Å². The molecule has 0 saturated carbocycles. The summed E-state index contributed by atoms with van der Waals surface area (Å²) < 4.78 is 37.9. The van der Waals surface area contributed by atoms with Crippen LogP contribution in [0.2, 0.25) is 0 Å². The molecule has 1 unspecified atom stereocenters. The minimum atomic E-state index is -4.43. The van der Waals surface area contributed by atoms with Crippen molar-refractivity contribution in [3.8, 4) is 0 Å². The van der Waals surface area contributed by atoms with Gasteiger partial charge in [-0.1, -0.05) is 12.1 Å². The van der Waals surface area contributed by atoms with Crippen molar-refractivity contribution in [3.63, 3.8) is 0 Å². The topological polar surface area (TPSA) is 55.6 Å². The zero-order valence-electron chi connectivity index (χ0n) is 12.0. The number of benzene rings is 1. The minimum Gasteiger partial charge on any atom is -0.324 e. The van der Waals surface area contributed by atoms with Crippen LogP contribution in [0, 0.1) is 0 Å². The van der Waals surface area contributed by atoms with Crippen molar-refractivity contribution >= 4 is 5.91 Å². The number of carbonyl (C=O) groups is 1. The van der Waals surface area contributed by atoms with Gasteiger partial charge in [0.25, 0.3) is 0 Å². The van der Waals surface area contributed by atoms with Crippen LogP contribution in [0.15, 0.2) is 24.3 Å². The Hall–Kier alpha value is -1.60. The molecular formula is C14H19F3N2O2. The molecule has 0 bridgehead atoms. The Morgan fingerprint density at radius 3 is 2.57 bits per heavy atom. The van der Waals surface area contributed by atoms with Gasteiger partial charge < -0.3 is 5.73 Å². The van der Waals surface area contributed by atoms with E-state index in [2.05, 4.69) is 0 Å². The van der Waals surface area contributed by atoms with Crippen LogP contribution in [0.5, 0.6) is 0 Å². The Labute approximate surface area is 121 Å². The summed E-state index contributed by atoms with van der Waals surface area (Å²) in [7, 11) is 0. The van der Waals surface area contributed by atoms with Crippen molar-refractivity contribution in [2.45, 2.75) is 32.5 Å². The van der Waals surface area contributed by atoms with E-state index in [-0.39, 0.29) is 17.9 Å². The number of halogens is 3. The highest BCUT2D eigenvalue weighted by Gasteiger charge is 2.31. The lowest BCUT2D eigenvalue weighted by Crippen LogP contribution is -2.33. The van der Waals surface area contributed by atoms with E-state index in [1.807, 2.05) is 0 Å². The molecule has 0 aliphatic heterocycles. The number of carbonyl (C=O) groups excluding carboxylic acids is 1. The van der Waals surface area contributed by atoms with Crippen LogP contribution < -0.4 is 5.73 Å². The molecule has 118 valence electrons. The van der Waals surface area contributed by atoms with Crippen molar-refractivity contribution in [2.24, 2.45) is 5.73 Å². The van der Waals surface area contributed by atoms with Gasteiger partial charge in [0.2, 0.25) is 5.91 Å². The fourth-order valence-corrected chi connectivity index (χ4v) is 1.85. The van der Waals surface area contributed by atoms with E-state index >= 15 is 0 Å². The van der Waals surface area contributed by atoms with Crippen LogP contribution >= 0.6 is 0 Å². The average molecular weight is 304 g/mol. The van der Waals surface area contributed by atoms with Crippen LogP contribution in [0.25, 0.3) is 0 Å². The maximum atomic E-state index is 12.6. The van der Waals surface area contributed by atoms with Gasteiger partial charge in [-0.15, -0.1) is 0 Å². The second-order valence-electron chi connectivity index (χ2n) is 4.44. The lowest BCUT2D eigenvalue weighted by Gasteiger charge is -2.21. The lowest BCUT2D eigenvalue weighted by molar-refractivity contribution is -0.183. The number of hydrogen-bond donors (Lipinski definition) is 1. The van der Waals surface area contributed by atoms with Crippen LogP contribution in [-0.4, -0.2) is 24.1 Å². The third-order valence-electron chi connectivity index (χ3n) is 2.89. The molecule has 1 amide bonds. The third kappa shape index (κ3) is 5.02. The monoisotopic (exact) mass is 304 g/mol. The quantitative estimate of drug-likeness (QED) is 0.822. The molecule has 0 aliphatic carbocycles. The highest BCUT2D eigenvalue weighted by atomic mass is 19.4. The molecule has 7 heteroatoms. The lowest BCUT2D eigenvalue weighted by atomic mass is 10.0. The van der Waals surface area contributed by atoms with E-state index in [0.717, 1.165) is 17.2 Å². The number of rotatable bonds is 6. The maximum Gasteiger partial charge on any atom is 0.416 e. The van der Waals surface area contributed by atoms with Gasteiger partial charge >= 0.3 is 6.18 Å². The molecule has 1 aromatic carbocycles. The van der Waals surface area contributed by atoms with E-state index in [0.29, 0.717) is 13.2 Å². The Morgan fingerprint density at radius 1 is 1.38 bits per heavy atom. The van der Waals surface area contributed by atoms with E-state index in [1.165, 1.54) is 12.1 Å². The van der Waals surface area contributed by atoms with Crippen molar-refractivity contribution < 1.29 is 22.8 Å². The van der Waals surface area contributed by atoms with Gasteiger partial charge in [0.15, 0.2) is 0 Å². The Morgan fingerprint density at radius 2 is 2.05 bits per heavy atom. The molecule has 0 saturated heterocycles. The number of nitrogens with zero attached hydrogens (tertiary/aromatic N) is 1. The smallest absolute Gasteiger partial charge is 0.324 e. The van der Waals surface area contributed by atoms with E-state index in [1.54, 1.807) is 13.8 Å². The molecule has 0 radical (unpaired) electrons. The van der Waals surface area contributed by atoms with Crippen LogP contribution in [0.4, 0.5) is 13.2 Å². The molecule has 21 heavy (non-hydrogen) atoms. The average Bonchev–Trinajstić information content (AvgIpc) is 2.43. The largest absolute Gasteiger partial charge is 0.416 e. The zero-order valence-corrected chi connectivity index (χ0v) is 12.0. The van der Waals surface area contributed by atoms with Crippen LogP contribution in [0.3, 0.4) is 0 Å². The third-order valence-corrected chi connectivity index (χ3v) is 2.89. The first kappa shape index (κ1) is 17.5. The second kappa shape index (κ2) is 7.42. The molecular weight excluding hydrogens is 285 g/mol. The van der Waals surface area contributed by atoms with Crippen molar-refractivity contribution in [3.05, 3.63) is 35.4 Å². The number of hydrogen-bond acceptors (Lipinski definition) is 3. The number of nitrogens with two attached hydrogens (primary N) is 1. The number of amides is 1. The van der Waals surface area contributed by atoms with Crippen LogP contribution in [-0.2, 0) is 15.8 Å². The first-order valence-corrected chi connectivity index (χ1v) is 6.65. The van der Waals surface area contributed by atoms with Crippen molar-refractivity contribution in [1.29, 1.82) is 0 Å². The maximum absolute atomic E-state index is 12.6. The molecule has 1 aromatic rings.